The molecule has 1 fully saturated rings. The smallest absolute Gasteiger partial charge is 0.274 e. The van der Waals surface area contributed by atoms with E-state index in [4.69, 9.17) is 0 Å². The van der Waals surface area contributed by atoms with E-state index < -0.39 is 0 Å². The number of rotatable bonds is 4. The summed E-state index contributed by atoms with van der Waals surface area (Å²) in [6, 6.07) is 0. The summed E-state index contributed by atoms with van der Waals surface area (Å²) < 4.78 is 0. The minimum absolute atomic E-state index is 0.00472. The molecule has 1 aromatic rings. The second-order valence-corrected chi connectivity index (χ2v) is 5.06. The first-order chi connectivity index (χ1) is 9.24. The van der Waals surface area contributed by atoms with Crippen molar-refractivity contribution >= 4 is 11.7 Å². The van der Waals surface area contributed by atoms with Gasteiger partial charge in [0.05, 0.1) is 12.4 Å². The quantitative estimate of drug-likeness (QED) is 0.903. The summed E-state index contributed by atoms with van der Waals surface area (Å²) in [5, 5.41) is 2.89. The molecular weight excluding hydrogens is 240 g/mol. The average Bonchev–Trinajstić information content (AvgIpc) is 2.48. The Hall–Kier alpha value is -1.65. The molecule has 1 amide bonds. The van der Waals surface area contributed by atoms with Crippen LogP contribution in [0, 0.1) is 5.92 Å². The number of carbonyl (C=O) groups is 1. The van der Waals surface area contributed by atoms with Crippen molar-refractivity contribution in [1.29, 1.82) is 0 Å². The van der Waals surface area contributed by atoms with Gasteiger partial charge in [-0.25, -0.2) is 9.97 Å². The van der Waals surface area contributed by atoms with Gasteiger partial charge in [-0.15, -0.1) is 0 Å². The summed E-state index contributed by atoms with van der Waals surface area (Å²) in [4.78, 5) is 22.5. The van der Waals surface area contributed by atoms with Gasteiger partial charge in [-0.1, -0.05) is 19.8 Å². The van der Waals surface area contributed by atoms with Gasteiger partial charge in [0, 0.05) is 20.1 Å². The van der Waals surface area contributed by atoms with E-state index in [-0.39, 0.29) is 5.91 Å². The van der Waals surface area contributed by atoms with Crippen LogP contribution in [0.3, 0.4) is 0 Å². The SMILES string of the molecule is CCCC1CCN(C(=O)c2cnc(NC)cn2)CC1. The first-order valence-corrected chi connectivity index (χ1v) is 7.03. The first kappa shape index (κ1) is 13.8. The van der Waals surface area contributed by atoms with Crippen LogP contribution >= 0.6 is 0 Å². The van der Waals surface area contributed by atoms with Gasteiger partial charge in [0.2, 0.25) is 0 Å². The number of nitrogens with zero attached hydrogens (tertiary/aromatic N) is 3. The zero-order chi connectivity index (χ0) is 13.7. The lowest BCUT2D eigenvalue weighted by Gasteiger charge is -2.31. The molecular formula is C14H22N4O. The predicted molar refractivity (Wildman–Crippen MR) is 75.1 cm³/mol. The number of aromatic nitrogens is 2. The fourth-order valence-electron chi connectivity index (χ4n) is 2.56. The fraction of sp³-hybridized carbons (Fsp3) is 0.643. The molecule has 1 aromatic heterocycles. The summed E-state index contributed by atoms with van der Waals surface area (Å²) in [6.45, 7) is 3.91. The number of hydrogen-bond donors (Lipinski definition) is 1. The highest BCUT2D eigenvalue weighted by Crippen LogP contribution is 2.22. The molecule has 0 spiro atoms. The van der Waals surface area contributed by atoms with Crippen molar-refractivity contribution in [1.82, 2.24) is 14.9 Å². The summed E-state index contributed by atoms with van der Waals surface area (Å²) in [5.74, 6) is 1.47. The van der Waals surface area contributed by atoms with Gasteiger partial charge in [-0.2, -0.15) is 0 Å². The van der Waals surface area contributed by atoms with Gasteiger partial charge in [-0.05, 0) is 18.8 Å². The zero-order valence-electron chi connectivity index (χ0n) is 11.7. The Kier molecular flexibility index (Phi) is 4.71. The van der Waals surface area contributed by atoms with Crippen molar-refractivity contribution in [3.8, 4) is 0 Å². The number of piperidine rings is 1. The van der Waals surface area contributed by atoms with Crippen LogP contribution in [-0.2, 0) is 0 Å². The minimum Gasteiger partial charge on any atom is -0.372 e. The number of amides is 1. The third kappa shape index (κ3) is 3.43. The van der Waals surface area contributed by atoms with Crippen molar-refractivity contribution in [3.05, 3.63) is 18.1 Å². The van der Waals surface area contributed by atoms with Crippen LogP contribution in [0.15, 0.2) is 12.4 Å². The number of nitrogens with one attached hydrogen (secondary N) is 1. The molecule has 0 bridgehead atoms. The Morgan fingerprint density at radius 2 is 2.11 bits per heavy atom. The third-order valence-electron chi connectivity index (χ3n) is 3.73. The topological polar surface area (TPSA) is 58.1 Å². The van der Waals surface area contributed by atoms with Crippen LogP contribution in [0.25, 0.3) is 0 Å². The molecule has 0 saturated carbocycles. The molecule has 0 aliphatic carbocycles. The second kappa shape index (κ2) is 6.50. The number of likely N-dealkylation sites (tertiary alicyclic amines) is 1. The fourth-order valence-corrected chi connectivity index (χ4v) is 2.56. The molecule has 1 saturated heterocycles. The van der Waals surface area contributed by atoms with Gasteiger partial charge in [0.25, 0.3) is 5.91 Å². The predicted octanol–water partition coefficient (Wildman–Crippen LogP) is 2.17. The number of hydrogen-bond acceptors (Lipinski definition) is 4. The van der Waals surface area contributed by atoms with E-state index in [0.29, 0.717) is 11.5 Å². The molecule has 5 heteroatoms. The summed E-state index contributed by atoms with van der Waals surface area (Å²) in [5.41, 5.74) is 0.438. The van der Waals surface area contributed by atoms with Crippen LogP contribution in [-0.4, -0.2) is 40.9 Å². The molecule has 0 atom stereocenters. The zero-order valence-corrected chi connectivity index (χ0v) is 11.7. The van der Waals surface area contributed by atoms with Gasteiger partial charge in [-0.3, -0.25) is 4.79 Å². The van der Waals surface area contributed by atoms with E-state index in [1.807, 2.05) is 4.90 Å². The average molecular weight is 262 g/mol. The largest absolute Gasteiger partial charge is 0.372 e. The van der Waals surface area contributed by atoms with Crippen molar-refractivity contribution in [2.75, 3.05) is 25.5 Å². The molecule has 1 N–H and O–H groups in total. The first-order valence-electron chi connectivity index (χ1n) is 7.03. The molecule has 0 unspecified atom stereocenters. The lowest BCUT2D eigenvalue weighted by atomic mass is 9.92. The van der Waals surface area contributed by atoms with Crippen LogP contribution in [0.1, 0.15) is 43.1 Å². The molecule has 2 rings (SSSR count). The highest BCUT2D eigenvalue weighted by molar-refractivity contribution is 5.92. The van der Waals surface area contributed by atoms with E-state index in [2.05, 4.69) is 22.2 Å². The van der Waals surface area contributed by atoms with Gasteiger partial charge in [0.15, 0.2) is 0 Å². The molecule has 1 aliphatic rings. The number of carbonyl (C=O) groups excluding carboxylic acids is 1. The van der Waals surface area contributed by atoms with Crippen molar-refractivity contribution in [2.24, 2.45) is 5.92 Å². The Balaban J connectivity index is 1.93. The molecule has 0 radical (unpaired) electrons. The monoisotopic (exact) mass is 262 g/mol. The van der Waals surface area contributed by atoms with E-state index >= 15 is 0 Å². The Morgan fingerprint density at radius 1 is 1.37 bits per heavy atom. The lowest BCUT2D eigenvalue weighted by molar-refractivity contribution is 0.0680. The van der Waals surface area contributed by atoms with Crippen molar-refractivity contribution in [2.45, 2.75) is 32.6 Å². The van der Waals surface area contributed by atoms with E-state index in [0.717, 1.165) is 31.8 Å². The standard InChI is InChI=1S/C14H22N4O/c1-3-4-11-5-7-18(8-6-11)14(19)12-9-17-13(15-2)10-16-12/h9-11H,3-8H2,1-2H3,(H,15,17). The minimum atomic E-state index is 0.00472. The molecule has 2 heterocycles. The van der Waals surface area contributed by atoms with E-state index in [1.165, 1.54) is 12.8 Å². The Morgan fingerprint density at radius 3 is 2.63 bits per heavy atom. The summed E-state index contributed by atoms with van der Waals surface area (Å²) in [6.07, 6.45) is 7.88. The Bertz CT molecular complexity index is 410. The maximum atomic E-state index is 12.3. The third-order valence-corrected chi connectivity index (χ3v) is 3.73. The molecule has 1 aliphatic heterocycles. The highest BCUT2D eigenvalue weighted by Gasteiger charge is 2.23. The van der Waals surface area contributed by atoms with Crippen LogP contribution in [0.4, 0.5) is 5.82 Å². The molecule has 104 valence electrons. The maximum Gasteiger partial charge on any atom is 0.274 e. The van der Waals surface area contributed by atoms with Gasteiger partial charge >= 0.3 is 0 Å². The molecule has 19 heavy (non-hydrogen) atoms. The van der Waals surface area contributed by atoms with E-state index in [1.54, 1.807) is 19.4 Å². The number of anilines is 1. The normalized spacial score (nSPS) is 16.4. The van der Waals surface area contributed by atoms with Gasteiger partial charge < -0.3 is 10.2 Å². The molecule has 0 aromatic carbocycles. The summed E-state index contributed by atoms with van der Waals surface area (Å²) >= 11 is 0. The maximum absolute atomic E-state index is 12.3. The van der Waals surface area contributed by atoms with Crippen LogP contribution in [0.5, 0.6) is 0 Å². The van der Waals surface area contributed by atoms with Crippen molar-refractivity contribution in [3.63, 3.8) is 0 Å². The second-order valence-electron chi connectivity index (χ2n) is 5.06. The molecule has 5 nitrogen and oxygen atoms in total. The Labute approximate surface area is 114 Å². The highest BCUT2D eigenvalue weighted by atomic mass is 16.2. The lowest BCUT2D eigenvalue weighted by Crippen LogP contribution is -2.38. The van der Waals surface area contributed by atoms with E-state index in [9.17, 15) is 4.79 Å². The van der Waals surface area contributed by atoms with Gasteiger partial charge in [0.1, 0.15) is 11.5 Å². The van der Waals surface area contributed by atoms with Crippen LogP contribution in [0.2, 0.25) is 0 Å². The van der Waals surface area contributed by atoms with Crippen molar-refractivity contribution < 1.29 is 4.79 Å². The summed E-state index contributed by atoms with van der Waals surface area (Å²) in [7, 11) is 1.78. The van der Waals surface area contributed by atoms with Crippen LogP contribution < -0.4 is 5.32 Å².